The second-order valence-electron chi connectivity index (χ2n) is 10.8. The van der Waals surface area contributed by atoms with Crippen LogP contribution in [-0.2, 0) is 5.41 Å². The number of hydrogen-bond acceptors (Lipinski definition) is 4. The molecule has 190 valence electrons. The van der Waals surface area contributed by atoms with Crippen molar-refractivity contribution < 1.29 is 9.59 Å². The predicted octanol–water partition coefficient (Wildman–Crippen LogP) is 5.03. The summed E-state index contributed by atoms with van der Waals surface area (Å²) in [7, 11) is 0. The average Bonchev–Trinajstić information content (AvgIpc) is 3.34. The zero-order valence-corrected chi connectivity index (χ0v) is 21.5. The summed E-state index contributed by atoms with van der Waals surface area (Å²) in [5.41, 5.74) is 11.6. The van der Waals surface area contributed by atoms with Gasteiger partial charge in [0.15, 0.2) is 0 Å². The highest BCUT2D eigenvalue weighted by molar-refractivity contribution is 6.10. The lowest BCUT2D eigenvalue weighted by atomic mass is 9.86. The minimum atomic E-state index is -0.475. The summed E-state index contributed by atoms with van der Waals surface area (Å²) < 4.78 is 0. The number of pyridine rings is 1. The molecule has 1 atom stereocenters. The zero-order chi connectivity index (χ0) is 26.2. The molecule has 0 aliphatic carbocycles. The van der Waals surface area contributed by atoms with Crippen LogP contribution >= 0.6 is 0 Å². The Balaban J connectivity index is 1.39. The first-order chi connectivity index (χ1) is 17.7. The van der Waals surface area contributed by atoms with E-state index in [9.17, 15) is 9.59 Å². The van der Waals surface area contributed by atoms with Gasteiger partial charge in [-0.1, -0.05) is 32.9 Å². The smallest absolute Gasteiger partial charge is 0.251 e. The summed E-state index contributed by atoms with van der Waals surface area (Å²) in [6.07, 6.45) is 5.38. The fourth-order valence-electron chi connectivity index (χ4n) is 5.07. The number of aromatic amines is 1. The number of aromatic nitrogens is 2. The Labute approximate surface area is 217 Å². The van der Waals surface area contributed by atoms with E-state index in [1.807, 2.05) is 48.5 Å². The van der Waals surface area contributed by atoms with Crippen molar-refractivity contribution >= 4 is 28.4 Å². The van der Waals surface area contributed by atoms with Crippen molar-refractivity contribution in [1.29, 1.82) is 0 Å². The molecule has 4 aromatic rings. The van der Waals surface area contributed by atoms with Gasteiger partial charge in [-0.05, 0) is 66.3 Å². The van der Waals surface area contributed by atoms with E-state index in [0.29, 0.717) is 23.2 Å². The molecule has 0 saturated carbocycles. The Morgan fingerprint density at radius 3 is 2.57 bits per heavy atom. The molecule has 2 aromatic carbocycles. The van der Waals surface area contributed by atoms with Crippen LogP contribution in [-0.4, -0.2) is 40.9 Å². The highest BCUT2D eigenvalue weighted by Gasteiger charge is 2.25. The number of nitrogens with two attached hydrogens (primary N) is 1. The molecule has 0 bridgehead atoms. The van der Waals surface area contributed by atoms with Gasteiger partial charge in [-0.15, -0.1) is 0 Å². The van der Waals surface area contributed by atoms with E-state index in [2.05, 4.69) is 41.0 Å². The summed E-state index contributed by atoms with van der Waals surface area (Å²) in [6, 6.07) is 17.5. The van der Waals surface area contributed by atoms with Gasteiger partial charge in [0, 0.05) is 59.4 Å². The van der Waals surface area contributed by atoms with Crippen molar-refractivity contribution in [1.82, 2.24) is 15.3 Å². The normalized spacial score (nSPS) is 16.1. The molecule has 1 saturated heterocycles. The molecule has 1 aliphatic heterocycles. The molecule has 5 rings (SSSR count). The molecule has 0 radical (unpaired) electrons. The number of nitrogens with zero attached hydrogens (tertiary/aromatic N) is 2. The van der Waals surface area contributed by atoms with Crippen LogP contribution in [0.25, 0.3) is 22.2 Å². The SMILES string of the molecule is CC(C)(C)c1ccc(C(=O)NC2CCCN(c3ccc(C(N)=O)c4[nH]c(-c5cccnc5)cc34)C2)cc1. The number of anilines is 1. The first-order valence-corrected chi connectivity index (χ1v) is 12.7. The van der Waals surface area contributed by atoms with Crippen molar-refractivity contribution in [2.75, 3.05) is 18.0 Å². The maximum atomic E-state index is 13.0. The van der Waals surface area contributed by atoms with Crippen LogP contribution in [0.3, 0.4) is 0 Å². The Morgan fingerprint density at radius 1 is 1.11 bits per heavy atom. The summed E-state index contributed by atoms with van der Waals surface area (Å²) in [5.74, 6) is -0.528. The van der Waals surface area contributed by atoms with Gasteiger partial charge in [0.25, 0.3) is 11.8 Å². The average molecular weight is 496 g/mol. The Kier molecular flexibility index (Phi) is 6.46. The van der Waals surface area contributed by atoms with Crippen molar-refractivity contribution in [3.8, 4) is 11.3 Å². The fourth-order valence-corrected chi connectivity index (χ4v) is 5.07. The van der Waals surface area contributed by atoms with Crippen LogP contribution in [0.5, 0.6) is 0 Å². The van der Waals surface area contributed by atoms with Gasteiger partial charge >= 0.3 is 0 Å². The number of H-pyrrole nitrogens is 1. The number of rotatable bonds is 5. The standard InChI is InChI=1S/C30H33N5O2/c1-30(2,3)21-10-8-19(9-11-21)29(37)33-22-7-5-15-35(18-22)26-13-12-23(28(31)36)27-24(26)16-25(34-27)20-6-4-14-32-17-20/h4,6,8-14,16-17,22,34H,5,7,15,18H2,1-3H3,(H2,31,36)(H,33,37). The summed E-state index contributed by atoms with van der Waals surface area (Å²) in [6.45, 7) is 8.04. The van der Waals surface area contributed by atoms with Gasteiger partial charge in [0.1, 0.15) is 0 Å². The molecule has 37 heavy (non-hydrogen) atoms. The third-order valence-electron chi connectivity index (χ3n) is 7.12. The predicted molar refractivity (Wildman–Crippen MR) is 148 cm³/mol. The number of carbonyl (C=O) groups is 2. The van der Waals surface area contributed by atoms with Crippen molar-refractivity contribution in [2.24, 2.45) is 5.73 Å². The van der Waals surface area contributed by atoms with Gasteiger partial charge in [-0.25, -0.2) is 0 Å². The Bertz CT molecular complexity index is 1430. The maximum Gasteiger partial charge on any atom is 0.251 e. The molecule has 4 N–H and O–H groups in total. The van der Waals surface area contributed by atoms with E-state index in [4.69, 9.17) is 5.73 Å². The molecule has 1 unspecified atom stereocenters. The number of piperidine rings is 1. The minimum Gasteiger partial charge on any atom is -0.369 e. The third-order valence-corrected chi connectivity index (χ3v) is 7.12. The second kappa shape index (κ2) is 9.73. The minimum absolute atomic E-state index is 0.0196. The highest BCUT2D eigenvalue weighted by atomic mass is 16.2. The Hall–Kier alpha value is -4.13. The number of benzene rings is 2. The van der Waals surface area contributed by atoms with Crippen LogP contribution in [0.2, 0.25) is 0 Å². The van der Waals surface area contributed by atoms with Gasteiger partial charge in [0.2, 0.25) is 0 Å². The van der Waals surface area contributed by atoms with E-state index in [0.717, 1.165) is 41.7 Å². The zero-order valence-electron chi connectivity index (χ0n) is 21.5. The van der Waals surface area contributed by atoms with Gasteiger partial charge in [-0.3, -0.25) is 14.6 Å². The molecule has 0 spiro atoms. The van der Waals surface area contributed by atoms with Crippen LogP contribution < -0.4 is 16.0 Å². The number of hydrogen-bond donors (Lipinski definition) is 3. The van der Waals surface area contributed by atoms with Crippen LogP contribution in [0.1, 0.15) is 59.9 Å². The number of nitrogens with one attached hydrogen (secondary N) is 2. The first-order valence-electron chi connectivity index (χ1n) is 12.7. The van der Waals surface area contributed by atoms with E-state index in [-0.39, 0.29) is 17.4 Å². The molecule has 2 aromatic heterocycles. The van der Waals surface area contributed by atoms with Crippen LogP contribution in [0.15, 0.2) is 67.0 Å². The molecule has 7 heteroatoms. The van der Waals surface area contributed by atoms with Crippen LogP contribution in [0, 0.1) is 0 Å². The summed E-state index contributed by atoms with van der Waals surface area (Å²) in [5, 5.41) is 4.16. The molecular weight excluding hydrogens is 462 g/mol. The summed E-state index contributed by atoms with van der Waals surface area (Å²) in [4.78, 5) is 35.1. The molecule has 3 heterocycles. The number of amides is 2. The van der Waals surface area contributed by atoms with E-state index < -0.39 is 5.91 Å². The van der Waals surface area contributed by atoms with E-state index >= 15 is 0 Å². The lowest BCUT2D eigenvalue weighted by molar-refractivity contribution is 0.0932. The number of primary amides is 1. The van der Waals surface area contributed by atoms with Gasteiger partial charge < -0.3 is 20.9 Å². The molecule has 1 fully saturated rings. The first kappa shape index (κ1) is 24.6. The summed E-state index contributed by atoms with van der Waals surface area (Å²) >= 11 is 0. The third kappa shape index (κ3) is 5.07. The monoisotopic (exact) mass is 495 g/mol. The van der Waals surface area contributed by atoms with Gasteiger partial charge in [0.05, 0.1) is 11.1 Å². The highest BCUT2D eigenvalue weighted by Crippen LogP contribution is 2.34. The van der Waals surface area contributed by atoms with Gasteiger partial charge in [-0.2, -0.15) is 0 Å². The number of fused-ring (bicyclic) bond motifs is 1. The largest absolute Gasteiger partial charge is 0.369 e. The van der Waals surface area contributed by atoms with Crippen molar-refractivity contribution in [3.63, 3.8) is 0 Å². The fraction of sp³-hybridized carbons (Fsp3) is 0.300. The maximum absolute atomic E-state index is 13.0. The topological polar surface area (TPSA) is 104 Å². The lowest BCUT2D eigenvalue weighted by Crippen LogP contribution is -2.47. The van der Waals surface area contributed by atoms with Crippen molar-refractivity contribution in [3.05, 3.63) is 83.7 Å². The second-order valence-corrected chi connectivity index (χ2v) is 10.8. The lowest BCUT2D eigenvalue weighted by Gasteiger charge is -2.35. The molecular formula is C30H33N5O2. The van der Waals surface area contributed by atoms with E-state index in [1.165, 1.54) is 5.56 Å². The van der Waals surface area contributed by atoms with Crippen LogP contribution in [0.4, 0.5) is 5.69 Å². The molecule has 2 amide bonds. The Morgan fingerprint density at radius 2 is 1.89 bits per heavy atom. The molecule has 7 nitrogen and oxygen atoms in total. The number of carbonyl (C=O) groups excluding carboxylic acids is 2. The van der Waals surface area contributed by atoms with Crippen molar-refractivity contribution in [2.45, 2.75) is 45.1 Å². The molecule has 1 aliphatic rings. The van der Waals surface area contributed by atoms with E-state index in [1.54, 1.807) is 18.5 Å². The quantitative estimate of drug-likeness (QED) is 0.361.